The summed E-state index contributed by atoms with van der Waals surface area (Å²) in [6.45, 7) is 2.98. The Morgan fingerprint density at radius 1 is 1.14 bits per heavy atom. The quantitative estimate of drug-likeness (QED) is 0.731. The predicted octanol–water partition coefficient (Wildman–Crippen LogP) is 3.93. The minimum absolute atomic E-state index is 0.0501. The molecule has 1 fully saturated rings. The summed E-state index contributed by atoms with van der Waals surface area (Å²) in [4.78, 5) is 17.9. The van der Waals surface area contributed by atoms with Crippen LogP contribution in [0.15, 0.2) is 48.5 Å². The van der Waals surface area contributed by atoms with Crippen LogP contribution in [0.2, 0.25) is 0 Å². The standard InChI is InChI=1S/C23H22N2O4/c1-14(20-7-4-10-27-20)24-23(26)17-12-19(25-18-6-3-2-5-16(17)18)15-8-9-21-22(11-15)29-13-28-21/h2-3,5-6,8-9,11-12,14,20H,4,7,10,13H2,1H3,(H,24,26)/t14-,20+/m1/s1. The van der Waals surface area contributed by atoms with Crippen LogP contribution in [0.1, 0.15) is 30.1 Å². The maximum atomic E-state index is 13.2. The van der Waals surface area contributed by atoms with E-state index in [1.54, 1.807) is 0 Å². The second-order valence-corrected chi connectivity index (χ2v) is 7.45. The highest BCUT2D eigenvalue weighted by Crippen LogP contribution is 2.36. The molecule has 0 radical (unpaired) electrons. The second kappa shape index (κ2) is 7.37. The molecule has 2 atom stereocenters. The van der Waals surface area contributed by atoms with Gasteiger partial charge in [-0.2, -0.15) is 0 Å². The number of fused-ring (bicyclic) bond motifs is 2. The molecule has 148 valence electrons. The number of benzene rings is 2. The van der Waals surface area contributed by atoms with Crippen molar-refractivity contribution in [1.82, 2.24) is 10.3 Å². The molecule has 1 N–H and O–H groups in total. The Morgan fingerprint density at radius 2 is 2.00 bits per heavy atom. The average molecular weight is 390 g/mol. The van der Waals surface area contributed by atoms with Crippen LogP contribution in [-0.2, 0) is 4.74 Å². The number of nitrogens with one attached hydrogen (secondary N) is 1. The van der Waals surface area contributed by atoms with Crippen LogP contribution < -0.4 is 14.8 Å². The van der Waals surface area contributed by atoms with Crippen molar-refractivity contribution in [3.05, 3.63) is 54.1 Å². The maximum absolute atomic E-state index is 13.2. The van der Waals surface area contributed by atoms with Gasteiger partial charge in [0.2, 0.25) is 6.79 Å². The molecule has 29 heavy (non-hydrogen) atoms. The third-order valence-corrected chi connectivity index (χ3v) is 5.51. The first kappa shape index (κ1) is 17.9. The highest BCUT2D eigenvalue weighted by atomic mass is 16.7. The fourth-order valence-corrected chi connectivity index (χ4v) is 3.94. The SMILES string of the molecule is C[C@@H](NC(=O)c1cc(-c2ccc3c(c2)OCO3)nc2ccccc12)[C@@H]1CCCO1. The monoisotopic (exact) mass is 390 g/mol. The number of aromatic nitrogens is 1. The van der Waals surface area contributed by atoms with Crippen LogP contribution in [0.25, 0.3) is 22.2 Å². The van der Waals surface area contributed by atoms with Crippen molar-refractivity contribution in [1.29, 1.82) is 0 Å². The van der Waals surface area contributed by atoms with Gasteiger partial charge in [0.15, 0.2) is 11.5 Å². The zero-order valence-corrected chi connectivity index (χ0v) is 16.2. The Kier molecular flexibility index (Phi) is 4.56. The normalized spacial score (nSPS) is 18.7. The summed E-state index contributed by atoms with van der Waals surface area (Å²) < 4.78 is 16.6. The zero-order chi connectivity index (χ0) is 19.8. The van der Waals surface area contributed by atoms with Crippen LogP contribution in [0.4, 0.5) is 0 Å². The van der Waals surface area contributed by atoms with E-state index in [1.165, 1.54) is 0 Å². The van der Waals surface area contributed by atoms with Crippen molar-refractivity contribution in [2.24, 2.45) is 0 Å². The van der Waals surface area contributed by atoms with Gasteiger partial charge in [-0.05, 0) is 50.1 Å². The predicted molar refractivity (Wildman–Crippen MR) is 109 cm³/mol. The molecule has 5 rings (SSSR count). The van der Waals surface area contributed by atoms with Gasteiger partial charge < -0.3 is 19.5 Å². The maximum Gasteiger partial charge on any atom is 0.252 e. The summed E-state index contributed by atoms with van der Waals surface area (Å²) >= 11 is 0. The summed E-state index contributed by atoms with van der Waals surface area (Å²) in [5, 5.41) is 3.94. The lowest BCUT2D eigenvalue weighted by Crippen LogP contribution is -2.40. The zero-order valence-electron chi connectivity index (χ0n) is 16.2. The highest BCUT2D eigenvalue weighted by molar-refractivity contribution is 6.07. The minimum Gasteiger partial charge on any atom is -0.454 e. The van der Waals surface area contributed by atoms with Crippen LogP contribution in [0.3, 0.4) is 0 Å². The molecule has 0 unspecified atom stereocenters. The lowest BCUT2D eigenvalue weighted by Gasteiger charge is -2.20. The van der Waals surface area contributed by atoms with E-state index in [0.29, 0.717) is 11.3 Å². The van der Waals surface area contributed by atoms with Gasteiger partial charge in [-0.1, -0.05) is 18.2 Å². The Labute approximate surface area is 168 Å². The van der Waals surface area contributed by atoms with Gasteiger partial charge in [0.25, 0.3) is 5.91 Å². The lowest BCUT2D eigenvalue weighted by atomic mass is 10.0. The number of hydrogen-bond donors (Lipinski definition) is 1. The molecule has 6 nitrogen and oxygen atoms in total. The number of carbonyl (C=O) groups excluding carboxylic acids is 1. The van der Waals surface area contributed by atoms with Gasteiger partial charge in [-0.3, -0.25) is 4.79 Å². The smallest absolute Gasteiger partial charge is 0.252 e. The lowest BCUT2D eigenvalue weighted by molar-refractivity contribution is 0.0713. The van der Waals surface area contributed by atoms with Crippen LogP contribution >= 0.6 is 0 Å². The Balaban J connectivity index is 1.53. The molecule has 3 heterocycles. The molecule has 1 amide bonds. The highest BCUT2D eigenvalue weighted by Gasteiger charge is 2.25. The number of pyridine rings is 1. The Morgan fingerprint density at radius 3 is 2.86 bits per heavy atom. The second-order valence-electron chi connectivity index (χ2n) is 7.45. The third-order valence-electron chi connectivity index (χ3n) is 5.51. The third kappa shape index (κ3) is 3.40. The van der Waals surface area contributed by atoms with Gasteiger partial charge >= 0.3 is 0 Å². The fourth-order valence-electron chi connectivity index (χ4n) is 3.94. The van der Waals surface area contributed by atoms with E-state index < -0.39 is 0 Å². The van der Waals surface area contributed by atoms with Gasteiger partial charge in [-0.15, -0.1) is 0 Å². The topological polar surface area (TPSA) is 69.7 Å². The molecule has 1 aromatic heterocycles. The van der Waals surface area contributed by atoms with Crippen molar-refractivity contribution < 1.29 is 19.0 Å². The molecule has 6 heteroatoms. The van der Waals surface area contributed by atoms with E-state index in [0.717, 1.165) is 47.4 Å². The first-order chi connectivity index (χ1) is 14.2. The Bertz CT molecular complexity index is 1080. The van der Waals surface area contributed by atoms with Crippen molar-refractivity contribution in [2.75, 3.05) is 13.4 Å². The van der Waals surface area contributed by atoms with Crippen molar-refractivity contribution >= 4 is 16.8 Å². The first-order valence-electron chi connectivity index (χ1n) is 9.91. The molecular formula is C23H22N2O4. The number of nitrogens with zero attached hydrogens (tertiary/aromatic N) is 1. The summed E-state index contributed by atoms with van der Waals surface area (Å²) in [7, 11) is 0. The molecule has 1 saturated heterocycles. The number of amides is 1. The largest absolute Gasteiger partial charge is 0.454 e. The molecule has 2 aliphatic rings. The molecule has 0 bridgehead atoms. The van der Waals surface area contributed by atoms with Crippen molar-refractivity contribution in [2.45, 2.75) is 31.9 Å². The molecule has 2 aromatic carbocycles. The van der Waals surface area contributed by atoms with Gasteiger partial charge in [-0.25, -0.2) is 4.98 Å². The first-order valence-corrected chi connectivity index (χ1v) is 9.91. The van der Waals surface area contributed by atoms with E-state index in [4.69, 9.17) is 19.2 Å². The molecule has 0 spiro atoms. The molecule has 3 aromatic rings. The van der Waals surface area contributed by atoms with E-state index >= 15 is 0 Å². The number of carbonyl (C=O) groups is 1. The molecule has 2 aliphatic heterocycles. The molecule has 0 aliphatic carbocycles. The summed E-state index contributed by atoms with van der Waals surface area (Å²) in [6.07, 6.45) is 2.08. The number of para-hydroxylation sites is 1. The average Bonchev–Trinajstić information content (AvgIpc) is 3.44. The van der Waals surface area contributed by atoms with Crippen molar-refractivity contribution in [3.63, 3.8) is 0 Å². The van der Waals surface area contributed by atoms with Crippen LogP contribution in [0, 0.1) is 0 Å². The van der Waals surface area contributed by atoms with Crippen LogP contribution in [0.5, 0.6) is 11.5 Å². The summed E-state index contributed by atoms with van der Waals surface area (Å²) in [5.74, 6) is 1.29. The van der Waals surface area contributed by atoms with Crippen molar-refractivity contribution in [3.8, 4) is 22.8 Å². The molecular weight excluding hydrogens is 368 g/mol. The Hall–Kier alpha value is -3.12. The number of hydrogen-bond acceptors (Lipinski definition) is 5. The van der Waals surface area contributed by atoms with E-state index in [2.05, 4.69) is 5.32 Å². The molecule has 0 saturated carbocycles. The summed E-state index contributed by atoms with van der Waals surface area (Å²) in [5.41, 5.74) is 2.98. The van der Waals surface area contributed by atoms with Gasteiger partial charge in [0.05, 0.1) is 28.9 Å². The van der Waals surface area contributed by atoms with E-state index in [-0.39, 0.29) is 24.8 Å². The van der Waals surface area contributed by atoms with Gasteiger partial charge in [0.1, 0.15) is 0 Å². The summed E-state index contributed by atoms with van der Waals surface area (Å²) in [6, 6.07) is 15.2. The van der Waals surface area contributed by atoms with E-state index in [1.807, 2.05) is 55.5 Å². The van der Waals surface area contributed by atoms with Crippen LogP contribution in [-0.4, -0.2) is 36.4 Å². The minimum atomic E-state index is -0.117. The van der Waals surface area contributed by atoms with Gasteiger partial charge in [0, 0.05) is 17.6 Å². The number of rotatable bonds is 4. The van der Waals surface area contributed by atoms with E-state index in [9.17, 15) is 4.79 Å². The fraction of sp³-hybridized carbons (Fsp3) is 0.304. The number of ether oxygens (including phenoxy) is 3.